The predicted octanol–water partition coefficient (Wildman–Crippen LogP) is 3.50. The number of nitrogens with zero attached hydrogens (tertiary/aromatic N) is 1. The summed E-state index contributed by atoms with van der Waals surface area (Å²) >= 11 is 5.81. The van der Waals surface area contributed by atoms with Crippen molar-refractivity contribution in [2.45, 2.75) is 38.5 Å². The number of amides is 2. The number of fused-ring (bicyclic) bond motifs is 1. The van der Waals surface area contributed by atoms with E-state index in [1.165, 1.54) is 25.7 Å². The molecule has 3 rings (SSSR count). The first-order valence-corrected chi connectivity index (χ1v) is 9.33. The third kappa shape index (κ3) is 4.29. The lowest BCUT2D eigenvalue weighted by Crippen LogP contribution is -2.45. The quantitative estimate of drug-likeness (QED) is 0.905. The van der Waals surface area contributed by atoms with Crippen LogP contribution in [0.3, 0.4) is 0 Å². The lowest BCUT2D eigenvalue weighted by Gasteiger charge is -2.41. The molecule has 2 atom stereocenters. The molecular weight excluding hydrogens is 324 g/mol. The molecule has 0 radical (unpaired) electrons. The molecule has 24 heavy (non-hydrogen) atoms. The zero-order valence-corrected chi connectivity index (χ0v) is 14.7. The van der Waals surface area contributed by atoms with E-state index < -0.39 is 0 Å². The summed E-state index contributed by atoms with van der Waals surface area (Å²) in [5.74, 6) is 1.52. The Labute approximate surface area is 148 Å². The fourth-order valence-corrected chi connectivity index (χ4v) is 4.10. The van der Waals surface area contributed by atoms with Crippen LogP contribution in [-0.2, 0) is 4.79 Å². The van der Waals surface area contributed by atoms with Crippen molar-refractivity contribution < 1.29 is 9.59 Å². The molecule has 0 unspecified atom stereocenters. The first kappa shape index (κ1) is 17.3. The highest BCUT2D eigenvalue weighted by molar-refractivity contribution is 6.30. The van der Waals surface area contributed by atoms with E-state index in [4.69, 9.17) is 11.6 Å². The number of benzene rings is 1. The van der Waals surface area contributed by atoms with Crippen LogP contribution < -0.4 is 5.32 Å². The minimum absolute atomic E-state index is 0.162. The Morgan fingerprint density at radius 1 is 1.08 bits per heavy atom. The molecule has 1 N–H and O–H groups in total. The molecule has 1 saturated heterocycles. The van der Waals surface area contributed by atoms with Gasteiger partial charge in [0.2, 0.25) is 5.91 Å². The predicted molar refractivity (Wildman–Crippen MR) is 95.0 cm³/mol. The van der Waals surface area contributed by atoms with Gasteiger partial charge in [0.25, 0.3) is 5.91 Å². The normalized spacial score (nSPS) is 23.5. The Morgan fingerprint density at radius 3 is 2.54 bits per heavy atom. The molecule has 5 heteroatoms. The molecule has 2 amide bonds. The van der Waals surface area contributed by atoms with Gasteiger partial charge in [0.15, 0.2) is 0 Å². The molecular formula is C19H25ClN2O2. The minimum atomic E-state index is -0.162. The van der Waals surface area contributed by atoms with E-state index in [9.17, 15) is 9.59 Å². The molecule has 1 saturated carbocycles. The average Bonchev–Trinajstić information content (AvgIpc) is 2.61. The van der Waals surface area contributed by atoms with Gasteiger partial charge in [-0.25, -0.2) is 0 Å². The summed E-state index contributed by atoms with van der Waals surface area (Å²) in [6.45, 7) is 2.17. The molecule has 130 valence electrons. The molecule has 1 aliphatic carbocycles. The molecule has 0 bridgehead atoms. The third-order valence-corrected chi connectivity index (χ3v) is 5.63. The zero-order valence-electron chi connectivity index (χ0n) is 14.0. The van der Waals surface area contributed by atoms with E-state index in [1.807, 2.05) is 4.90 Å². The number of halogens is 1. The van der Waals surface area contributed by atoms with Crippen LogP contribution in [0, 0.1) is 11.8 Å². The van der Waals surface area contributed by atoms with Crippen molar-refractivity contribution in [3.05, 3.63) is 34.9 Å². The van der Waals surface area contributed by atoms with Crippen LogP contribution in [0.5, 0.6) is 0 Å². The second kappa shape index (κ2) is 8.02. The topological polar surface area (TPSA) is 49.4 Å². The van der Waals surface area contributed by atoms with Gasteiger partial charge in [0.05, 0.1) is 0 Å². The van der Waals surface area contributed by atoms with Crippen LogP contribution in [0.4, 0.5) is 0 Å². The molecule has 0 aromatic heterocycles. The van der Waals surface area contributed by atoms with Crippen molar-refractivity contribution in [1.29, 1.82) is 0 Å². The van der Waals surface area contributed by atoms with Gasteiger partial charge in [-0.05, 0) is 48.9 Å². The molecule has 2 aliphatic rings. The maximum Gasteiger partial charge on any atom is 0.251 e. The number of likely N-dealkylation sites (tertiary alicyclic amines) is 1. The Bertz CT molecular complexity index is 588. The van der Waals surface area contributed by atoms with Gasteiger partial charge in [0.1, 0.15) is 0 Å². The molecule has 1 heterocycles. The van der Waals surface area contributed by atoms with Gasteiger partial charge in [-0.2, -0.15) is 0 Å². The van der Waals surface area contributed by atoms with Crippen molar-refractivity contribution in [3.8, 4) is 0 Å². The van der Waals surface area contributed by atoms with Crippen molar-refractivity contribution >= 4 is 23.4 Å². The van der Waals surface area contributed by atoms with Gasteiger partial charge < -0.3 is 10.2 Å². The van der Waals surface area contributed by atoms with E-state index >= 15 is 0 Å². The van der Waals surface area contributed by atoms with Crippen molar-refractivity contribution in [2.24, 2.45) is 11.8 Å². The maximum atomic E-state index is 12.4. The fourth-order valence-electron chi connectivity index (χ4n) is 3.97. The number of rotatable bonds is 4. The molecule has 0 spiro atoms. The van der Waals surface area contributed by atoms with Crippen LogP contribution in [0.15, 0.2) is 24.3 Å². The van der Waals surface area contributed by atoms with Crippen LogP contribution in [0.2, 0.25) is 5.02 Å². The number of hydrogen-bond donors (Lipinski definition) is 1. The van der Waals surface area contributed by atoms with E-state index in [-0.39, 0.29) is 11.8 Å². The summed E-state index contributed by atoms with van der Waals surface area (Å²) in [6, 6.07) is 6.76. The summed E-state index contributed by atoms with van der Waals surface area (Å²) < 4.78 is 0. The van der Waals surface area contributed by atoms with Gasteiger partial charge in [-0.1, -0.05) is 30.9 Å². The van der Waals surface area contributed by atoms with Crippen LogP contribution in [0.25, 0.3) is 0 Å². The van der Waals surface area contributed by atoms with E-state index in [1.54, 1.807) is 24.3 Å². The Balaban J connectivity index is 1.42. The number of piperidine rings is 1. The molecule has 2 fully saturated rings. The Morgan fingerprint density at radius 2 is 1.79 bits per heavy atom. The summed E-state index contributed by atoms with van der Waals surface area (Å²) in [5, 5.41) is 3.42. The largest absolute Gasteiger partial charge is 0.352 e. The monoisotopic (exact) mass is 348 g/mol. The summed E-state index contributed by atoms with van der Waals surface area (Å²) in [7, 11) is 0. The Kier molecular flexibility index (Phi) is 5.77. The molecule has 1 aromatic rings. The van der Waals surface area contributed by atoms with Gasteiger partial charge in [-0.3, -0.25) is 9.59 Å². The van der Waals surface area contributed by atoms with Crippen molar-refractivity contribution in [2.75, 3.05) is 19.6 Å². The lowest BCUT2D eigenvalue weighted by atomic mass is 9.75. The SMILES string of the molecule is O=C(NCCC(=O)N1CC[C@H]2CCCC[C@@H]2C1)c1ccc(Cl)cc1. The lowest BCUT2D eigenvalue weighted by molar-refractivity contribution is -0.134. The fraction of sp³-hybridized carbons (Fsp3) is 0.579. The van der Waals surface area contributed by atoms with Crippen LogP contribution >= 0.6 is 11.6 Å². The van der Waals surface area contributed by atoms with Gasteiger partial charge >= 0.3 is 0 Å². The van der Waals surface area contributed by atoms with Gasteiger partial charge in [-0.15, -0.1) is 0 Å². The first-order chi connectivity index (χ1) is 11.6. The highest BCUT2D eigenvalue weighted by atomic mass is 35.5. The van der Waals surface area contributed by atoms with E-state index in [0.717, 1.165) is 25.4 Å². The highest BCUT2D eigenvalue weighted by Crippen LogP contribution is 2.36. The second-order valence-corrected chi connectivity index (χ2v) is 7.38. The van der Waals surface area contributed by atoms with E-state index in [2.05, 4.69) is 5.32 Å². The first-order valence-electron chi connectivity index (χ1n) is 8.95. The smallest absolute Gasteiger partial charge is 0.251 e. The standard InChI is InChI=1S/C19H25ClN2O2/c20-17-7-5-15(6-8-17)19(24)21-11-9-18(23)22-12-10-14-3-1-2-4-16(14)13-22/h5-8,14,16H,1-4,9-13H2,(H,21,24)/t14-,16-/m1/s1. The number of nitrogens with one attached hydrogen (secondary N) is 1. The number of carbonyl (C=O) groups excluding carboxylic acids is 2. The summed E-state index contributed by atoms with van der Waals surface area (Å²) in [5.41, 5.74) is 0.565. The third-order valence-electron chi connectivity index (χ3n) is 5.37. The van der Waals surface area contributed by atoms with Crippen molar-refractivity contribution in [1.82, 2.24) is 10.2 Å². The van der Waals surface area contributed by atoms with Crippen molar-refractivity contribution in [3.63, 3.8) is 0 Å². The number of hydrogen-bond acceptors (Lipinski definition) is 2. The van der Waals surface area contributed by atoms with E-state index in [0.29, 0.717) is 29.5 Å². The van der Waals surface area contributed by atoms with Gasteiger partial charge in [0, 0.05) is 36.6 Å². The molecule has 1 aromatic carbocycles. The molecule has 1 aliphatic heterocycles. The number of carbonyl (C=O) groups is 2. The molecule has 4 nitrogen and oxygen atoms in total. The summed E-state index contributed by atoms with van der Waals surface area (Å²) in [6.07, 6.45) is 6.78. The maximum absolute atomic E-state index is 12.4. The van der Waals surface area contributed by atoms with Crippen LogP contribution in [-0.4, -0.2) is 36.3 Å². The summed E-state index contributed by atoms with van der Waals surface area (Å²) in [4.78, 5) is 26.4. The minimum Gasteiger partial charge on any atom is -0.352 e. The highest BCUT2D eigenvalue weighted by Gasteiger charge is 2.32. The van der Waals surface area contributed by atoms with Crippen LogP contribution in [0.1, 0.15) is 48.9 Å². The second-order valence-electron chi connectivity index (χ2n) is 6.95. The Hall–Kier alpha value is -1.55. The average molecular weight is 349 g/mol. The zero-order chi connectivity index (χ0) is 16.9.